The number of aryl methyl sites for hydroxylation is 1. The summed E-state index contributed by atoms with van der Waals surface area (Å²) < 4.78 is 24.4. The highest BCUT2D eigenvalue weighted by Gasteiger charge is 2.47. The van der Waals surface area contributed by atoms with Gasteiger partial charge < -0.3 is 23.7 Å². The molecule has 0 spiro atoms. The minimum Gasteiger partial charge on any atom is -0.503 e. The van der Waals surface area contributed by atoms with Gasteiger partial charge in [0.25, 0.3) is 5.91 Å². The van der Waals surface area contributed by atoms with Crippen LogP contribution in [0.4, 0.5) is 5.13 Å². The van der Waals surface area contributed by atoms with Crippen molar-refractivity contribution in [3.05, 3.63) is 125 Å². The van der Waals surface area contributed by atoms with Crippen molar-refractivity contribution in [1.82, 2.24) is 4.98 Å². The number of thiazole rings is 1. The molecule has 236 valence electrons. The SMILES string of the molecule is CCOc1cc(C2C(C(=O)c3cc4cccc(OC)c4o3)=C(O)C(=O)N2c2nc3ccc(C)cc3s2)ccc1OCc1ccccc1. The number of ketones is 1. The minimum absolute atomic E-state index is 0.0431. The van der Waals surface area contributed by atoms with Crippen LogP contribution in [0, 0.1) is 6.92 Å². The molecule has 0 aliphatic carbocycles. The molecule has 0 saturated heterocycles. The van der Waals surface area contributed by atoms with Crippen LogP contribution in [0.2, 0.25) is 0 Å². The van der Waals surface area contributed by atoms with E-state index in [0.29, 0.717) is 57.6 Å². The van der Waals surface area contributed by atoms with Crippen LogP contribution in [0.15, 0.2) is 107 Å². The molecule has 2 aromatic heterocycles. The van der Waals surface area contributed by atoms with E-state index in [-0.39, 0.29) is 11.3 Å². The monoisotopic (exact) mass is 646 g/mol. The van der Waals surface area contributed by atoms with Gasteiger partial charge in [0, 0.05) is 5.39 Å². The minimum atomic E-state index is -1.05. The fraction of sp³-hybridized carbons (Fsp3) is 0.162. The van der Waals surface area contributed by atoms with E-state index in [1.807, 2.05) is 62.4 Å². The van der Waals surface area contributed by atoms with Crippen LogP contribution in [0.25, 0.3) is 21.2 Å². The number of hydrogen-bond acceptors (Lipinski definition) is 9. The largest absolute Gasteiger partial charge is 0.503 e. The van der Waals surface area contributed by atoms with E-state index in [4.69, 9.17) is 23.6 Å². The maximum absolute atomic E-state index is 14.3. The summed E-state index contributed by atoms with van der Waals surface area (Å²) in [5.41, 5.74) is 3.50. The summed E-state index contributed by atoms with van der Waals surface area (Å²) in [6.45, 7) is 4.51. The summed E-state index contributed by atoms with van der Waals surface area (Å²) in [5, 5.41) is 12.4. The van der Waals surface area contributed by atoms with Gasteiger partial charge in [0.15, 0.2) is 39.5 Å². The average molecular weight is 647 g/mol. The van der Waals surface area contributed by atoms with Gasteiger partial charge in [-0.2, -0.15) is 0 Å². The third-order valence-electron chi connectivity index (χ3n) is 7.96. The normalized spacial score (nSPS) is 14.7. The van der Waals surface area contributed by atoms with E-state index < -0.39 is 23.5 Å². The van der Waals surface area contributed by atoms with E-state index in [9.17, 15) is 14.7 Å². The number of aromatic nitrogens is 1. The lowest BCUT2D eigenvalue weighted by molar-refractivity contribution is -0.117. The number of furan rings is 1. The summed E-state index contributed by atoms with van der Waals surface area (Å²) in [4.78, 5) is 34.3. The highest BCUT2D eigenvalue weighted by atomic mass is 32.1. The predicted molar refractivity (Wildman–Crippen MR) is 180 cm³/mol. The van der Waals surface area contributed by atoms with Crippen molar-refractivity contribution in [2.24, 2.45) is 0 Å². The molecule has 1 aliphatic rings. The van der Waals surface area contributed by atoms with Crippen molar-refractivity contribution < 1.29 is 33.3 Å². The number of aliphatic hydroxyl groups excluding tert-OH is 1. The van der Waals surface area contributed by atoms with Gasteiger partial charge in [-0.1, -0.05) is 65.9 Å². The van der Waals surface area contributed by atoms with Gasteiger partial charge in [0.1, 0.15) is 6.61 Å². The Bertz CT molecular complexity index is 2180. The molecule has 0 saturated carbocycles. The molecule has 1 N–H and O–H groups in total. The van der Waals surface area contributed by atoms with Crippen LogP contribution in [0.1, 0.15) is 40.2 Å². The van der Waals surface area contributed by atoms with E-state index >= 15 is 0 Å². The number of carbonyl (C=O) groups excluding carboxylic acids is 2. The number of nitrogens with zero attached hydrogens (tertiary/aromatic N) is 2. The van der Waals surface area contributed by atoms with Crippen LogP contribution < -0.4 is 19.1 Å². The first kappa shape index (κ1) is 30.1. The highest BCUT2D eigenvalue weighted by molar-refractivity contribution is 7.22. The number of rotatable bonds is 10. The zero-order chi connectivity index (χ0) is 32.7. The summed E-state index contributed by atoms with van der Waals surface area (Å²) >= 11 is 1.30. The lowest BCUT2D eigenvalue weighted by Crippen LogP contribution is -2.31. The molecule has 7 rings (SSSR count). The van der Waals surface area contributed by atoms with Crippen LogP contribution in [0.5, 0.6) is 17.2 Å². The van der Waals surface area contributed by atoms with E-state index in [2.05, 4.69) is 0 Å². The van der Waals surface area contributed by atoms with Crippen LogP contribution in [0.3, 0.4) is 0 Å². The number of carbonyl (C=O) groups is 2. The quantitative estimate of drug-likeness (QED) is 0.149. The van der Waals surface area contributed by atoms with Crippen molar-refractivity contribution in [3.8, 4) is 17.2 Å². The van der Waals surface area contributed by atoms with Crippen LogP contribution in [-0.2, 0) is 11.4 Å². The maximum atomic E-state index is 14.3. The molecule has 6 aromatic rings. The fourth-order valence-electron chi connectivity index (χ4n) is 5.73. The topological polar surface area (TPSA) is 111 Å². The second-order valence-electron chi connectivity index (χ2n) is 11.0. The van der Waals surface area contributed by atoms with Gasteiger partial charge >= 0.3 is 0 Å². The number of fused-ring (bicyclic) bond motifs is 2. The van der Waals surface area contributed by atoms with Crippen molar-refractivity contribution >= 4 is 49.3 Å². The molecule has 0 bridgehead atoms. The number of aliphatic hydroxyl groups is 1. The molecular formula is C37H30N2O7S. The standard InChI is InChI=1S/C37H30N2O7S/c1-4-44-28-18-23(14-16-26(28)45-20-22-9-6-5-7-10-22)32-31(33(40)29-19-24-11-8-12-27(43-3)35(24)46-29)34(41)36(42)39(32)37-38-25-15-13-21(2)17-30(25)47-37/h5-19,32,41H,4,20H2,1-3H3. The Morgan fingerprint density at radius 1 is 0.957 bits per heavy atom. The Morgan fingerprint density at radius 3 is 2.57 bits per heavy atom. The number of para-hydroxylation sites is 1. The molecule has 1 aliphatic heterocycles. The van der Waals surface area contributed by atoms with Gasteiger partial charge in [0.05, 0.1) is 35.5 Å². The van der Waals surface area contributed by atoms with Crippen molar-refractivity contribution in [2.45, 2.75) is 26.5 Å². The average Bonchev–Trinajstić information content (AvgIpc) is 3.78. The molecule has 0 radical (unpaired) electrons. The lowest BCUT2D eigenvalue weighted by Gasteiger charge is -2.25. The molecule has 4 aromatic carbocycles. The summed E-state index contributed by atoms with van der Waals surface area (Å²) in [5.74, 6) is -0.719. The van der Waals surface area contributed by atoms with E-state index in [1.165, 1.54) is 23.3 Å². The van der Waals surface area contributed by atoms with Crippen molar-refractivity contribution in [3.63, 3.8) is 0 Å². The molecule has 0 fully saturated rings. The van der Waals surface area contributed by atoms with Crippen LogP contribution in [-0.4, -0.2) is 35.5 Å². The number of hydrogen-bond donors (Lipinski definition) is 1. The number of ether oxygens (including phenoxy) is 3. The summed E-state index contributed by atoms with van der Waals surface area (Å²) in [7, 11) is 1.51. The second-order valence-corrected chi connectivity index (χ2v) is 12.0. The molecular weight excluding hydrogens is 616 g/mol. The third-order valence-corrected chi connectivity index (χ3v) is 8.98. The lowest BCUT2D eigenvalue weighted by atomic mass is 9.95. The van der Waals surface area contributed by atoms with Gasteiger partial charge in [-0.05, 0) is 66.9 Å². The zero-order valence-corrected chi connectivity index (χ0v) is 26.7. The van der Waals surface area contributed by atoms with E-state index in [0.717, 1.165) is 15.8 Å². The van der Waals surface area contributed by atoms with Crippen molar-refractivity contribution in [2.75, 3.05) is 18.6 Å². The number of amides is 1. The number of anilines is 1. The first-order chi connectivity index (χ1) is 22.9. The number of Topliss-reactive ketones (excluding diaryl/α,β-unsaturated/α-hetero) is 1. The number of methoxy groups -OCH3 is 1. The first-order valence-electron chi connectivity index (χ1n) is 15.0. The summed E-state index contributed by atoms with van der Waals surface area (Å²) in [6, 6.07) is 26.7. The highest BCUT2D eigenvalue weighted by Crippen LogP contribution is 2.46. The molecule has 1 unspecified atom stereocenters. The molecule has 1 amide bonds. The summed E-state index contributed by atoms with van der Waals surface area (Å²) in [6.07, 6.45) is 0. The van der Waals surface area contributed by atoms with Crippen molar-refractivity contribution in [1.29, 1.82) is 0 Å². The van der Waals surface area contributed by atoms with Crippen LogP contribution >= 0.6 is 11.3 Å². The first-order valence-corrected chi connectivity index (χ1v) is 15.9. The molecule has 10 heteroatoms. The Hall–Kier alpha value is -5.61. The fourth-order valence-corrected chi connectivity index (χ4v) is 6.82. The maximum Gasteiger partial charge on any atom is 0.296 e. The molecule has 47 heavy (non-hydrogen) atoms. The molecule has 1 atom stereocenters. The Morgan fingerprint density at radius 2 is 1.79 bits per heavy atom. The molecule has 9 nitrogen and oxygen atoms in total. The molecule has 3 heterocycles. The second kappa shape index (κ2) is 12.3. The smallest absolute Gasteiger partial charge is 0.296 e. The van der Waals surface area contributed by atoms with Gasteiger partial charge in [-0.25, -0.2) is 4.98 Å². The zero-order valence-electron chi connectivity index (χ0n) is 25.9. The predicted octanol–water partition coefficient (Wildman–Crippen LogP) is 8.12. The third kappa shape index (κ3) is 5.46. The Labute approximate surface area is 274 Å². The Kier molecular flexibility index (Phi) is 7.87. The Balaban J connectivity index is 1.34. The van der Waals surface area contributed by atoms with Gasteiger partial charge in [0.2, 0.25) is 5.78 Å². The number of benzene rings is 4. The van der Waals surface area contributed by atoms with Gasteiger partial charge in [-0.15, -0.1) is 0 Å². The van der Waals surface area contributed by atoms with E-state index in [1.54, 1.807) is 42.5 Å². The van der Waals surface area contributed by atoms with Gasteiger partial charge in [-0.3, -0.25) is 14.5 Å².